The zero-order valence-electron chi connectivity index (χ0n) is 16.1. The molecule has 0 fully saturated rings. The van der Waals surface area contributed by atoms with Gasteiger partial charge < -0.3 is 16.4 Å². The molecule has 4 rings (SSSR count). The van der Waals surface area contributed by atoms with E-state index < -0.39 is 5.66 Å². The Morgan fingerprint density at radius 1 is 1.29 bits per heavy atom. The Hall–Kier alpha value is -3.16. The fourth-order valence-electron chi connectivity index (χ4n) is 4.17. The third kappa shape index (κ3) is 2.94. The zero-order chi connectivity index (χ0) is 19.9. The second-order valence-electron chi connectivity index (χ2n) is 7.42. The Labute approximate surface area is 162 Å². The van der Waals surface area contributed by atoms with Crippen LogP contribution >= 0.6 is 0 Å². The number of hydrogen-bond donors (Lipinski definition) is 3. The van der Waals surface area contributed by atoms with Gasteiger partial charge in [0.15, 0.2) is 0 Å². The Balaban J connectivity index is 1.88. The van der Waals surface area contributed by atoms with Gasteiger partial charge in [0.1, 0.15) is 35.0 Å². The zero-order valence-corrected chi connectivity index (χ0v) is 16.1. The molecule has 3 heterocycles. The van der Waals surface area contributed by atoms with Gasteiger partial charge in [-0.2, -0.15) is 0 Å². The van der Waals surface area contributed by atoms with Crippen LogP contribution in [-0.4, -0.2) is 20.4 Å². The molecular formula is C20H24N6O2. The van der Waals surface area contributed by atoms with Crippen LogP contribution in [0.5, 0.6) is 0 Å². The van der Waals surface area contributed by atoms with Crippen LogP contribution in [0, 0.1) is 6.92 Å². The number of nitrogens with two attached hydrogens (primary N) is 1. The SMILES string of the molecule is CCC1=CC2(CCCC1)NC(=O)c1c(C)cc(Nc3cc(N)ncn3)c(=O)n12. The van der Waals surface area contributed by atoms with Gasteiger partial charge in [-0.05, 0) is 56.7 Å². The summed E-state index contributed by atoms with van der Waals surface area (Å²) in [6.07, 6.45) is 8.00. The highest BCUT2D eigenvalue weighted by Gasteiger charge is 2.43. The standard InChI is InChI=1S/C20H24N6O2/c1-3-13-6-4-5-7-20(10-13)25-18(27)17-12(2)8-14(19(28)26(17)20)24-16-9-15(21)22-11-23-16/h8-11H,3-7H2,1-2H3,(H,25,27)(H3,21,22,23,24). The third-order valence-electron chi connectivity index (χ3n) is 5.49. The second-order valence-corrected chi connectivity index (χ2v) is 7.42. The van der Waals surface area contributed by atoms with Crippen LogP contribution in [0.15, 0.2) is 34.9 Å². The molecular weight excluding hydrogens is 356 g/mol. The van der Waals surface area contributed by atoms with Crippen molar-refractivity contribution in [1.82, 2.24) is 19.9 Å². The maximum absolute atomic E-state index is 13.4. The minimum absolute atomic E-state index is 0.207. The van der Waals surface area contributed by atoms with E-state index in [0.717, 1.165) is 31.2 Å². The van der Waals surface area contributed by atoms with Gasteiger partial charge in [-0.3, -0.25) is 14.2 Å². The smallest absolute Gasteiger partial charge is 0.277 e. The molecule has 1 amide bonds. The lowest BCUT2D eigenvalue weighted by Gasteiger charge is -2.28. The lowest BCUT2D eigenvalue weighted by molar-refractivity contribution is 0.0934. The highest BCUT2D eigenvalue weighted by atomic mass is 16.2. The van der Waals surface area contributed by atoms with Crippen molar-refractivity contribution in [2.75, 3.05) is 11.1 Å². The van der Waals surface area contributed by atoms with E-state index in [4.69, 9.17) is 5.73 Å². The quantitative estimate of drug-likeness (QED) is 0.705. The minimum atomic E-state index is -0.807. The van der Waals surface area contributed by atoms with E-state index in [1.165, 1.54) is 11.9 Å². The van der Waals surface area contributed by atoms with E-state index in [1.54, 1.807) is 16.7 Å². The topological polar surface area (TPSA) is 115 Å². The Morgan fingerprint density at radius 3 is 2.86 bits per heavy atom. The molecule has 0 saturated carbocycles. The summed E-state index contributed by atoms with van der Waals surface area (Å²) in [6.45, 7) is 3.94. The summed E-state index contributed by atoms with van der Waals surface area (Å²) in [5.41, 5.74) is 7.41. The number of aromatic nitrogens is 3. The minimum Gasteiger partial charge on any atom is -0.384 e. The van der Waals surface area contributed by atoms with Crippen molar-refractivity contribution in [3.63, 3.8) is 0 Å². The number of nitrogens with zero attached hydrogens (tertiary/aromatic N) is 3. The van der Waals surface area contributed by atoms with Gasteiger partial charge in [0, 0.05) is 6.07 Å². The molecule has 1 aliphatic carbocycles. The molecule has 8 nitrogen and oxygen atoms in total. The fourth-order valence-corrected chi connectivity index (χ4v) is 4.17. The van der Waals surface area contributed by atoms with Crippen molar-refractivity contribution in [2.24, 2.45) is 0 Å². The predicted octanol–water partition coefficient (Wildman–Crippen LogP) is 2.58. The first-order chi connectivity index (χ1) is 13.4. The monoisotopic (exact) mass is 380 g/mol. The van der Waals surface area contributed by atoms with Gasteiger partial charge in [0.2, 0.25) is 0 Å². The van der Waals surface area contributed by atoms with Crippen molar-refractivity contribution >= 4 is 23.2 Å². The summed E-state index contributed by atoms with van der Waals surface area (Å²) < 4.78 is 1.62. The predicted molar refractivity (Wildman–Crippen MR) is 107 cm³/mol. The molecule has 0 saturated heterocycles. The summed E-state index contributed by atoms with van der Waals surface area (Å²) >= 11 is 0. The normalized spacial score (nSPS) is 21.1. The van der Waals surface area contributed by atoms with Gasteiger partial charge in [-0.1, -0.05) is 12.5 Å². The molecule has 1 spiro atoms. The van der Waals surface area contributed by atoms with Crippen LogP contribution in [0.4, 0.5) is 17.3 Å². The number of amides is 1. The fraction of sp³-hybridized carbons (Fsp3) is 0.400. The van der Waals surface area contributed by atoms with Crippen molar-refractivity contribution in [1.29, 1.82) is 0 Å². The number of allylic oxidation sites excluding steroid dienone is 1. The summed E-state index contributed by atoms with van der Waals surface area (Å²) in [7, 11) is 0. The lowest BCUT2D eigenvalue weighted by atomic mass is 10.0. The highest BCUT2D eigenvalue weighted by molar-refractivity contribution is 5.97. The Kier molecular flexibility index (Phi) is 4.41. The van der Waals surface area contributed by atoms with E-state index in [-0.39, 0.29) is 11.5 Å². The van der Waals surface area contributed by atoms with Gasteiger partial charge in [-0.25, -0.2) is 9.97 Å². The lowest BCUT2D eigenvalue weighted by Crippen LogP contribution is -2.46. The molecule has 8 heteroatoms. The van der Waals surface area contributed by atoms with Crippen LogP contribution in [0.1, 0.15) is 55.1 Å². The highest BCUT2D eigenvalue weighted by Crippen LogP contribution is 2.35. The molecule has 2 aromatic rings. The van der Waals surface area contributed by atoms with E-state index in [0.29, 0.717) is 29.4 Å². The molecule has 0 aromatic carbocycles. The van der Waals surface area contributed by atoms with Gasteiger partial charge >= 0.3 is 0 Å². The maximum Gasteiger partial charge on any atom is 0.277 e. The van der Waals surface area contributed by atoms with E-state index in [2.05, 4.69) is 33.6 Å². The number of carbonyl (C=O) groups excluding carboxylic acids is 1. The molecule has 0 radical (unpaired) electrons. The average molecular weight is 380 g/mol. The number of anilines is 3. The number of rotatable bonds is 3. The molecule has 2 aromatic heterocycles. The number of nitrogen functional groups attached to an aromatic ring is 1. The van der Waals surface area contributed by atoms with Crippen molar-refractivity contribution in [2.45, 2.75) is 51.6 Å². The largest absolute Gasteiger partial charge is 0.384 e. The van der Waals surface area contributed by atoms with E-state index >= 15 is 0 Å². The molecule has 1 unspecified atom stereocenters. The van der Waals surface area contributed by atoms with Crippen molar-refractivity contribution < 1.29 is 4.79 Å². The van der Waals surface area contributed by atoms with Gasteiger partial charge in [0.05, 0.1) is 0 Å². The van der Waals surface area contributed by atoms with E-state index in [1.807, 2.05) is 6.92 Å². The van der Waals surface area contributed by atoms with Crippen LogP contribution in [0.3, 0.4) is 0 Å². The number of nitrogens with one attached hydrogen (secondary N) is 2. The summed E-state index contributed by atoms with van der Waals surface area (Å²) in [5, 5.41) is 6.13. The summed E-state index contributed by atoms with van der Waals surface area (Å²) in [4.78, 5) is 34.2. The molecule has 146 valence electrons. The second kappa shape index (κ2) is 6.78. The van der Waals surface area contributed by atoms with Crippen LogP contribution in [0.2, 0.25) is 0 Å². The van der Waals surface area contributed by atoms with Crippen LogP contribution in [0.25, 0.3) is 0 Å². The maximum atomic E-state index is 13.4. The number of fused-ring (bicyclic) bond motifs is 2. The third-order valence-corrected chi connectivity index (χ3v) is 5.49. The van der Waals surface area contributed by atoms with Crippen molar-refractivity contribution in [3.8, 4) is 0 Å². The Bertz CT molecular complexity index is 1040. The number of hydrogen-bond acceptors (Lipinski definition) is 6. The summed E-state index contributed by atoms with van der Waals surface area (Å²) in [5.74, 6) is 0.533. The van der Waals surface area contributed by atoms with E-state index in [9.17, 15) is 9.59 Å². The average Bonchev–Trinajstić information content (AvgIpc) is 2.80. The first kappa shape index (κ1) is 18.2. The van der Waals surface area contributed by atoms with Gasteiger partial charge in [0.25, 0.3) is 11.5 Å². The first-order valence-electron chi connectivity index (χ1n) is 9.58. The van der Waals surface area contributed by atoms with Crippen LogP contribution in [-0.2, 0) is 5.66 Å². The van der Waals surface area contributed by atoms with Crippen molar-refractivity contribution in [3.05, 3.63) is 51.7 Å². The molecule has 28 heavy (non-hydrogen) atoms. The van der Waals surface area contributed by atoms with Crippen LogP contribution < -0.4 is 21.9 Å². The molecule has 1 aliphatic heterocycles. The number of carbonyl (C=O) groups is 1. The molecule has 1 atom stereocenters. The molecule has 4 N–H and O–H groups in total. The summed E-state index contributed by atoms with van der Waals surface area (Å²) in [6, 6.07) is 3.25. The first-order valence-corrected chi connectivity index (χ1v) is 9.58. The number of aryl methyl sites for hydroxylation is 1. The van der Waals surface area contributed by atoms with Gasteiger partial charge in [-0.15, -0.1) is 0 Å². The molecule has 0 bridgehead atoms. The molecule has 2 aliphatic rings. The number of pyridine rings is 1. The Morgan fingerprint density at radius 2 is 2.11 bits per heavy atom.